The van der Waals surface area contributed by atoms with E-state index < -0.39 is 0 Å². The molecule has 2 heterocycles. The molecule has 2 aromatic heterocycles. The van der Waals surface area contributed by atoms with Crippen LogP contribution < -0.4 is 5.32 Å². The van der Waals surface area contributed by atoms with E-state index in [0.29, 0.717) is 17.2 Å². The average Bonchev–Trinajstić information content (AvgIpc) is 2.91. The zero-order valence-corrected chi connectivity index (χ0v) is 15.3. The number of nitrogens with zero attached hydrogens (tertiary/aromatic N) is 4. The van der Waals surface area contributed by atoms with E-state index in [1.54, 1.807) is 4.52 Å². The molecule has 0 unspecified atom stereocenters. The monoisotopic (exact) mass is 354 g/mol. The second-order valence-electron chi connectivity index (χ2n) is 7.28. The summed E-state index contributed by atoms with van der Waals surface area (Å²) in [5.41, 5.74) is 1.81. The van der Waals surface area contributed by atoms with Crippen LogP contribution in [0.3, 0.4) is 0 Å². The molecule has 1 aliphatic carbocycles. The number of aliphatic hydroxyl groups is 1. The highest BCUT2D eigenvalue weighted by Gasteiger charge is 2.16. The molecule has 1 aliphatic rings. The van der Waals surface area contributed by atoms with Crippen LogP contribution in [0, 0.1) is 0 Å². The van der Waals surface area contributed by atoms with Gasteiger partial charge in [-0.15, -0.1) is 5.10 Å². The molecule has 0 atom stereocenters. The predicted octanol–water partition coefficient (Wildman–Crippen LogP) is 2.50. The molecule has 0 aromatic carbocycles. The van der Waals surface area contributed by atoms with Crippen molar-refractivity contribution in [3.8, 4) is 0 Å². The number of aromatic nitrogens is 2. The molecule has 3 rings (SSSR count). The fourth-order valence-corrected chi connectivity index (χ4v) is 2.69. The molecule has 136 valence electrons. The van der Waals surface area contributed by atoms with Crippen molar-refractivity contribution in [2.45, 2.75) is 6.42 Å². The van der Waals surface area contributed by atoms with Crippen LogP contribution in [0.15, 0.2) is 53.4 Å². The maximum atomic E-state index is 11.3. The number of quaternary nitrogens is 1. The Kier molecular flexibility index (Phi) is 4.90. The van der Waals surface area contributed by atoms with Gasteiger partial charge in [-0.3, -0.25) is 4.79 Å². The Morgan fingerprint density at radius 2 is 2.08 bits per heavy atom. The first-order valence-corrected chi connectivity index (χ1v) is 8.57. The minimum atomic E-state index is -0.250. The molecule has 0 bridgehead atoms. The number of carbonyl (C=O) groups excluding carboxylic acids is 1. The van der Waals surface area contributed by atoms with Crippen molar-refractivity contribution in [3.63, 3.8) is 0 Å². The van der Waals surface area contributed by atoms with Crippen LogP contribution in [0.25, 0.3) is 5.52 Å². The summed E-state index contributed by atoms with van der Waals surface area (Å²) in [7, 11) is 6.48. The zero-order chi connectivity index (χ0) is 18.7. The molecule has 0 aliphatic heterocycles. The zero-order valence-electron chi connectivity index (χ0n) is 15.3. The number of hydrogen-bond donors (Lipinski definition) is 2. The van der Waals surface area contributed by atoms with E-state index >= 15 is 0 Å². The Morgan fingerprint density at radius 1 is 1.27 bits per heavy atom. The number of pyridine rings is 1. The van der Waals surface area contributed by atoms with Gasteiger partial charge in [-0.1, -0.05) is 6.07 Å². The summed E-state index contributed by atoms with van der Waals surface area (Å²) < 4.78 is 2.65. The summed E-state index contributed by atoms with van der Waals surface area (Å²) in [4.78, 5) is 15.9. The lowest BCUT2D eigenvalue weighted by Crippen LogP contribution is -2.36. The van der Waals surface area contributed by atoms with Gasteiger partial charge in [0.2, 0.25) is 0 Å². The van der Waals surface area contributed by atoms with Crippen LogP contribution in [0.5, 0.6) is 0 Å². The first-order valence-electron chi connectivity index (χ1n) is 8.57. The predicted molar refractivity (Wildman–Crippen MR) is 103 cm³/mol. The van der Waals surface area contributed by atoms with Crippen LogP contribution in [-0.4, -0.2) is 64.9 Å². The molecule has 7 nitrogen and oxygen atoms in total. The topological polar surface area (TPSA) is 79.0 Å². The Morgan fingerprint density at radius 3 is 2.81 bits per heavy atom. The minimum Gasteiger partial charge on any atom is -0.506 e. The number of hydrogen-bond acceptors (Lipinski definition) is 5. The Balaban J connectivity index is 1.89. The van der Waals surface area contributed by atoms with Gasteiger partial charge in [0.05, 0.1) is 33.2 Å². The van der Waals surface area contributed by atoms with E-state index in [1.807, 2.05) is 24.4 Å². The van der Waals surface area contributed by atoms with Gasteiger partial charge in [0.25, 0.3) is 0 Å². The minimum absolute atomic E-state index is 0.135. The number of nitrogens with one attached hydrogen (secondary N) is 1. The molecule has 0 radical (unpaired) electrons. The summed E-state index contributed by atoms with van der Waals surface area (Å²) in [6, 6.07) is 5.73. The van der Waals surface area contributed by atoms with Crippen LogP contribution in [0.2, 0.25) is 0 Å². The van der Waals surface area contributed by atoms with Crippen molar-refractivity contribution < 1.29 is 14.4 Å². The molecular weight excluding hydrogens is 330 g/mol. The number of anilines is 1. The quantitative estimate of drug-likeness (QED) is 0.475. The molecule has 0 fully saturated rings. The Hall–Kier alpha value is -2.93. The molecule has 0 saturated carbocycles. The Labute approximate surface area is 152 Å². The van der Waals surface area contributed by atoms with Crippen molar-refractivity contribution in [1.82, 2.24) is 9.61 Å². The SMILES string of the molecule is C[N+](C)(C)CCCNc1nn2ccccc2c1/N=C1\C=CC(=O)C=C1O. The summed E-state index contributed by atoms with van der Waals surface area (Å²) in [5.74, 6) is 0.270. The van der Waals surface area contributed by atoms with Crippen molar-refractivity contribution >= 4 is 28.5 Å². The van der Waals surface area contributed by atoms with Crippen LogP contribution in [0.1, 0.15) is 6.42 Å². The van der Waals surface area contributed by atoms with Gasteiger partial charge in [-0.2, -0.15) is 0 Å². The number of ketones is 1. The number of fused-ring (bicyclic) bond motifs is 1. The van der Waals surface area contributed by atoms with Crippen LogP contribution in [0.4, 0.5) is 11.5 Å². The fraction of sp³-hybridized carbons (Fsp3) is 0.316. The van der Waals surface area contributed by atoms with Crippen LogP contribution >= 0.6 is 0 Å². The maximum absolute atomic E-state index is 11.3. The third kappa shape index (κ3) is 4.18. The summed E-state index contributed by atoms with van der Waals surface area (Å²) in [6.45, 7) is 1.81. The number of carbonyl (C=O) groups is 1. The molecule has 0 saturated heterocycles. The van der Waals surface area contributed by atoms with Crippen LogP contribution in [-0.2, 0) is 4.79 Å². The van der Waals surface area contributed by atoms with Crippen molar-refractivity contribution in [1.29, 1.82) is 0 Å². The van der Waals surface area contributed by atoms with E-state index in [4.69, 9.17) is 0 Å². The number of allylic oxidation sites excluding steroid dienone is 3. The average molecular weight is 354 g/mol. The van der Waals surface area contributed by atoms with Gasteiger partial charge in [0, 0.05) is 25.2 Å². The van der Waals surface area contributed by atoms with E-state index in [0.717, 1.165) is 29.5 Å². The second kappa shape index (κ2) is 7.13. The highest BCUT2D eigenvalue weighted by Crippen LogP contribution is 2.30. The highest BCUT2D eigenvalue weighted by molar-refractivity contribution is 6.19. The second-order valence-corrected chi connectivity index (χ2v) is 7.28. The molecule has 0 amide bonds. The highest BCUT2D eigenvalue weighted by atomic mass is 16.3. The lowest BCUT2D eigenvalue weighted by atomic mass is 10.1. The number of aliphatic hydroxyl groups excluding tert-OH is 1. The first-order chi connectivity index (χ1) is 12.3. The smallest absolute Gasteiger partial charge is 0.182 e. The fourth-order valence-electron chi connectivity index (χ4n) is 2.69. The number of aliphatic imine (C=N–C) groups is 1. The molecular formula is C19H24N5O2+. The largest absolute Gasteiger partial charge is 0.506 e. The first kappa shape index (κ1) is 17.9. The van der Waals surface area contributed by atoms with Gasteiger partial charge >= 0.3 is 0 Å². The third-order valence-corrected chi connectivity index (χ3v) is 3.99. The summed E-state index contributed by atoms with van der Waals surface area (Å²) in [6.07, 6.45) is 6.92. The Bertz CT molecular complexity index is 916. The molecule has 7 heteroatoms. The van der Waals surface area contributed by atoms with Gasteiger partial charge in [0.15, 0.2) is 11.6 Å². The summed E-state index contributed by atoms with van der Waals surface area (Å²) in [5, 5.41) is 17.9. The van der Waals surface area contributed by atoms with Crippen molar-refractivity contribution in [2.24, 2.45) is 4.99 Å². The normalized spacial score (nSPS) is 16.3. The molecule has 26 heavy (non-hydrogen) atoms. The van der Waals surface area contributed by atoms with E-state index in [2.05, 4.69) is 36.6 Å². The lowest BCUT2D eigenvalue weighted by molar-refractivity contribution is -0.870. The van der Waals surface area contributed by atoms with Gasteiger partial charge in [-0.25, -0.2) is 9.51 Å². The van der Waals surface area contributed by atoms with Crippen molar-refractivity contribution in [3.05, 3.63) is 48.4 Å². The number of rotatable bonds is 6. The van der Waals surface area contributed by atoms with E-state index in [-0.39, 0.29) is 11.5 Å². The van der Waals surface area contributed by atoms with E-state index in [9.17, 15) is 9.90 Å². The molecule has 0 spiro atoms. The standard InChI is InChI=1S/C19H23N5O2/c1-24(2,3)12-6-10-20-19-18(16-7-4-5-11-23(16)22-19)21-15-9-8-14(25)13-17(15)26/h4-5,7-9,11,13H,6,10,12H2,1-3H3,(H-,20,22,25,26)/p+1/b21-15+. The summed E-state index contributed by atoms with van der Waals surface area (Å²) >= 11 is 0. The molecule has 2 N–H and O–H groups in total. The van der Waals surface area contributed by atoms with Gasteiger partial charge < -0.3 is 14.9 Å². The molecule has 2 aromatic rings. The van der Waals surface area contributed by atoms with E-state index in [1.165, 1.54) is 18.2 Å². The lowest BCUT2D eigenvalue weighted by Gasteiger charge is -2.23. The van der Waals surface area contributed by atoms with Gasteiger partial charge in [0.1, 0.15) is 17.2 Å². The van der Waals surface area contributed by atoms with Crippen molar-refractivity contribution in [2.75, 3.05) is 39.5 Å². The maximum Gasteiger partial charge on any atom is 0.182 e. The third-order valence-electron chi connectivity index (χ3n) is 3.99. The van der Waals surface area contributed by atoms with Gasteiger partial charge in [-0.05, 0) is 24.3 Å².